The number of hydrogen-bond acceptors (Lipinski definition) is 4. The number of benzene rings is 2. The van der Waals surface area contributed by atoms with Crippen LogP contribution in [0.25, 0.3) is 0 Å². The van der Waals surface area contributed by atoms with Gasteiger partial charge in [-0.05, 0) is 35.4 Å². The highest BCUT2D eigenvalue weighted by molar-refractivity contribution is 7.99. The first-order valence-corrected chi connectivity index (χ1v) is 8.14. The lowest BCUT2D eigenvalue weighted by Gasteiger charge is -2.20. The molecule has 0 aliphatic heterocycles. The van der Waals surface area contributed by atoms with Crippen molar-refractivity contribution in [3.8, 4) is 0 Å². The molecule has 2 aromatic rings. The Hall–Kier alpha value is -1.27. The summed E-state index contributed by atoms with van der Waals surface area (Å²) >= 11 is 7.79. The van der Waals surface area contributed by atoms with Crippen molar-refractivity contribution in [1.82, 2.24) is 0 Å². The number of carboxylic acid groups (broad SMARTS) is 1. The highest BCUT2D eigenvalue weighted by Gasteiger charge is 2.20. The Bertz CT molecular complexity index is 686. The summed E-state index contributed by atoms with van der Waals surface area (Å²) in [5.41, 5.74) is 14.9. The summed E-state index contributed by atoms with van der Waals surface area (Å²) < 4.78 is 0. The summed E-state index contributed by atoms with van der Waals surface area (Å²) in [7, 11) is 0. The molecule has 0 bridgehead atoms. The Balaban J connectivity index is 0.00000264. The molecule has 2 rings (SSSR count). The fourth-order valence-corrected chi connectivity index (χ4v) is 3.73. The lowest BCUT2D eigenvalue weighted by atomic mass is 10.0. The molecule has 5 N–H and O–H groups in total. The first kappa shape index (κ1) is 22.7. The largest absolute Gasteiger partial charge is 0.481 e. The minimum Gasteiger partial charge on any atom is -0.481 e. The number of nitrogens with two attached hydrogens (primary N) is 2. The summed E-state index contributed by atoms with van der Waals surface area (Å²) in [4.78, 5) is 10.8. The first-order valence-electron chi connectivity index (χ1n) is 6.71. The van der Waals surface area contributed by atoms with E-state index in [-0.39, 0.29) is 36.5 Å². The molecule has 0 aliphatic carbocycles. The van der Waals surface area contributed by atoms with Crippen molar-refractivity contribution in [3.05, 3.63) is 58.6 Å². The zero-order valence-electron chi connectivity index (χ0n) is 12.6. The maximum Gasteiger partial charge on any atom is 0.304 e. The van der Waals surface area contributed by atoms with Crippen LogP contribution in [0.1, 0.15) is 22.8 Å². The third-order valence-electron chi connectivity index (χ3n) is 3.18. The lowest BCUT2D eigenvalue weighted by Crippen LogP contribution is -2.05. The number of rotatable bonds is 6. The first-order chi connectivity index (χ1) is 10.5. The van der Waals surface area contributed by atoms with Gasteiger partial charge in [0, 0.05) is 22.2 Å². The molecule has 0 heterocycles. The van der Waals surface area contributed by atoms with Crippen LogP contribution in [-0.4, -0.2) is 16.8 Å². The van der Waals surface area contributed by atoms with Gasteiger partial charge in [-0.25, -0.2) is 0 Å². The second-order valence-corrected chi connectivity index (χ2v) is 6.42. The predicted octanol–water partition coefficient (Wildman–Crippen LogP) is 4.65. The minimum atomic E-state index is -0.828. The van der Waals surface area contributed by atoms with Crippen LogP contribution in [0.4, 0.5) is 11.4 Å². The van der Waals surface area contributed by atoms with E-state index in [4.69, 9.17) is 28.2 Å². The molecule has 0 aliphatic rings. The van der Waals surface area contributed by atoms with Crippen LogP contribution in [0.2, 0.25) is 5.02 Å². The monoisotopic (exact) mass is 408 g/mol. The maximum absolute atomic E-state index is 10.8. The topological polar surface area (TPSA) is 89.3 Å². The van der Waals surface area contributed by atoms with Crippen LogP contribution in [-0.2, 0) is 4.79 Å². The van der Waals surface area contributed by atoms with Gasteiger partial charge in [-0.15, -0.1) is 36.6 Å². The van der Waals surface area contributed by atoms with Gasteiger partial charge in [0.2, 0.25) is 0 Å². The average Bonchev–Trinajstić information content (AvgIpc) is 2.47. The highest BCUT2D eigenvalue weighted by Crippen LogP contribution is 2.42. The van der Waals surface area contributed by atoms with Crippen LogP contribution in [0, 0.1) is 0 Å². The van der Waals surface area contributed by atoms with Crippen molar-refractivity contribution in [1.29, 1.82) is 0 Å². The van der Waals surface area contributed by atoms with Crippen molar-refractivity contribution in [3.63, 3.8) is 0 Å². The molecule has 0 saturated carbocycles. The Labute approximate surface area is 162 Å². The number of anilines is 2. The molecule has 132 valence electrons. The molecule has 1 atom stereocenters. The SMILES string of the molecule is Cl.Cl.Nc1ccc(N)c(C(SCCC(=O)O)c2ccccc2Cl)c1. The van der Waals surface area contributed by atoms with Crippen LogP contribution in [0.5, 0.6) is 0 Å². The minimum absolute atomic E-state index is 0. The molecule has 2 aromatic carbocycles. The zero-order chi connectivity index (χ0) is 16.1. The van der Waals surface area contributed by atoms with Gasteiger partial charge in [0.1, 0.15) is 0 Å². The Morgan fingerprint density at radius 1 is 1.12 bits per heavy atom. The van der Waals surface area contributed by atoms with Crippen LogP contribution in [0.15, 0.2) is 42.5 Å². The third-order valence-corrected chi connectivity index (χ3v) is 4.81. The number of carbonyl (C=O) groups is 1. The second kappa shape index (κ2) is 10.6. The molecule has 0 saturated heterocycles. The van der Waals surface area contributed by atoms with Crippen molar-refractivity contribution < 1.29 is 9.90 Å². The normalized spacial score (nSPS) is 11.0. The second-order valence-electron chi connectivity index (χ2n) is 4.80. The van der Waals surface area contributed by atoms with Gasteiger partial charge in [-0.2, -0.15) is 0 Å². The molecular weight excluding hydrogens is 391 g/mol. The molecular formula is C16H19Cl3N2O2S. The number of aliphatic carboxylic acids is 1. The van der Waals surface area contributed by atoms with Gasteiger partial charge < -0.3 is 16.6 Å². The molecule has 0 radical (unpaired) electrons. The zero-order valence-corrected chi connectivity index (χ0v) is 15.9. The van der Waals surface area contributed by atoms with Crippen molar-refractivity contribution >= 4 is 65.5 Å². The van der Waals surface area contributed by atoms with E-state index in [9.17, 15) is 4.79 Å². The van der Waals surface area contributed by atoms with E-state index in [0.717, 1.165) is 11.1 Å². The van der Waals surface area contributed by atoms with Gasteiger partial charge in [-0.3, -0.25) is 4.79 Å². The van der Waals surface area contributed by atoms with E-state index in [1.165, 1.54) is 11.8 Å². The maximum atomic E-state index is 10.8. The van der Waals surface area contributed by atoms with E-state index in [1.54, 1.807) is 12.1 Å². The number of halogens is 3. The van der Waals surface area contributed by atoms with Crippen molar-refractivity contribution in [2.45, 2.75) is 11.7 Å². The molecule has 1 unspecified atom stereocenters. The van der Waals surface area contributed by atoms with Gasteiger partial charge in [0.05, 0.1) is 11.7 Å². The lowest BCUT2D eigenvalue weighted by molar-refractivity contribution is -0.136. The number of hydrogen-bond donors (Lipinski definition) is 3. The summed E-state index contributed by atoms with van der Waals surface area (Å²) in [6.07, 6.45) is 0.0772. The summed E-state index contributed by atoms with van der Waals surface area (Å²) in [5.74, 6) is -0.370. The van der Waals surface area contributed by atoms with Crippen molar-refractivity contribution in [2.24, 2.45) is 0 Å². The molecule has 0 amide bonds. The quantitative estimate of drug-likeness (QED) is 0.604. The van der Waals surface area contributed by atoms with Crippen LogP contribution in [0.3, 0.4) is 0 Å². The van der Waals surface area contributed by atoms with E-state index in [2.05, 4.69) is 0 Å². The molecule has 0 fully saturated rings. The van der Waals surface area contributed by atoms with Gasteiger partial charge in [0.25, 0.3) is 0 Å². The van der Waals surface area contributed by atoms with Gasteiger partial charge >= 0.3 is 5.97 Å². The Morgan fingerprint density at radius 2 is 1.79 bits per heavy atom. The van der Waals surface area contributed by atoms with E-state index >= 15 is 0 Å². The Kier molecular flexibility index (Phi) is 10.0. The standard InChI is InChI=1S/C16H17ClN2O2S.2ClH/c17-13-4-2-1-3-11(13)16(22-8-7-15(20)21)12-9-10(18)5-6-14(12)19;;/h1-6,9,16H,7-8,18-19H2,(H,20,21);2*1H. The molecule has 4 nitrogen and oxygen atoms in total. The number of thioether (sulfide) groups is 1. The number of nitrogen functional groups attached to an aromatic ring is 2. The van der Waals surface area contributed by atoms with Crippen molar-refractivity contribution in [2.75, 3.05) is 17.2 Å². The predicted molar refractivity (Wildman–Crippen MR) is 108 cm³/mol. The molecule has 0 spiro atoms. The van der Waals surface area contributed by atoms with E-state index < -0.39 is 5.97 Å². The van der Waals surface area contributed by atoms with Gasteiger partial charge in [0.15, 0.2) is 0 Å². The third kappa shape index (κ3) is 5.98. The molecule has 24 heavy (non-hydrogen) atoms. The summed E-state index contributed by atoms with van der Waals surface area (Å²) in [6.45, 7) is 0. The van der Waals surface area contributed by atoms with Crippen LogP contribution < -0.4 is 11.5 Å². The fourth-order valence-electron chi connectivity index (χ4n) is 2.12. The number of carboxylic acids is 1. The molecule has 8 heteroatoms. The summed E-state index contributed by atoms with van der Waals surface area (Å²) in [5, 5.41) is 9.30. The Morgan fingerprint density at radius 3 is 2.42 bits per heavy atom. The average molecular weight is 410 g/mol. The van der Waals surface area contributed by atoms with E-state index in [1.807, 2.05) is 30.3 Å². The van der Waals surface area contributed by atoms with E-state index in [0.29, 0.717) is 22.2 Å². The van der Waals surface area contributed by atoms with Crippen LogP contribution >= 0.6 is 48.2 Å². The summed E-state index contributed by atoms with van der Waals surface area (Å²) in [6, 6.07) is 12.8. The fraction of sp³-hybridized carbons (Fsp3) is 0.188. The van der Waals surface area contributed by atoms with Gasteiger partial charge in [-0.1, -0.05) is 29.8 Å². The smallest absolute Gasteiger partial charge is 0.304 e. The molecule has 0 aromatic heterocycles. The highest BCUT2D eigenvalue weighted by atomic mass is 35.5.